The van der Waals surface area contributed by atoms with Crippen molar-refractivity contribution in [3.63, 3.8) is 0 Å². The molecule has 0 unspecified atom stereocenters. The van der Waals surface area contributed by atoms with Gasteiger partial charge in [-0.05, 0) is 36.6 Å². The van der Waals surface area contributed by atoms with Gasteiger partial charge in [0.15, 0.2) is 0 Å². The zero-order valence-electron chi connectivity index (χ0n) is 13.8. The van der Waals surface area contributed by atoms with Crippen LogP contribution in [0.2, 0.25) is 10.0 Å². The van der Waals surface area contributed by atoms with Crippen molar-refractivity contribution in [2.45, 2.75) is 32.2 Å². The summed E-state index contributed by atoms with van der Waals surface area (Å²) in [6.07, 6.45) is 0.404. The Balaban J connectivity index is 2.04. The highest BCUT2D eigenvalue weighted by Gasteiger charge is 2.17. The second-order valence-electron chi connectivity index (χ2n) is 5.98. The summed E-state index contributed by atoms with van der Waals surface area (Å²) in [6.45, 7) is 1.96. The first-order chi connectivity index (χ1) is 11.8. The highest BCUT2D eigenvalue weighted by Crippen LogP contribution is 2.23. The van der Waals surface area contributed by atoms with Crippen molar-refractivity contribution in [1.82, 2.24) is 5.32 Å². The van der Waals surface area contributed by atoms with Crippen LogP contribution in [0.3, 0.4) is 0 Å². The molecule has 0 aliphatic rings. The number of hydrogen-bond acceptors (Lipinski definition) is 2. The van der Waals surface area contributed by atoms with Crippen molar-refractivity contribution in [2.24, 2.45) is 0 Å². The molecular weight excluding hydrogens is 361 g/mol. The van der Waals surface area contributed by atoms with Gasteiger partial charge in [0.05, 0.1) is 22.9 Å². The van der Waals surface area contributed by atoms with Crippen molar-refractivity contribution in [3.8, 4) is 0 Å². The van der Waals surface area contributed by atoms with Crippen molar-refractivity contribution in [1.29, 1.82) is 0 Å². The maximum Gasteiger partial charge on any atom is 0.305 e. The Morgan fingerprint density at radius 2 is 1.84 bits per heavy atom. The van der Waals surface area contributed by atoms with E-state index in [0.29, 0.717) is 16.5 Å². The Morgan fingerprint density at radius 1 is 1.08 bits per heavy atom. The fraction of sp³-hybridized carbons (Fsp3) is 0.263. The predicted molar refractivity (Wildman–Crippen MR) is 99.2 cm³/mol. The van der Waals surface area contributed by atoms with Gasteiger partial charge in [0.1, 0.15) is 0 Å². The van der Waals surface area contributed by atoms with E-state index in [1.165, 1.54) is 0 Å². The molecule has 1 amide bonds. The number of aryl methyl sites for hydroxylation is 1. The third kappa shape index (κ3) is 6.40. The van der Waals surface area contributed by atoms with E-state index in [1.54, 1.807) is 18.2 Å². The molecule has 25 heavy (non-hydrogen) atoms. The Hall–Kier alpha value is -2.04. The van der Waals surface area contributed by atoms with Crippen LogP contribution < -0.4 is 5.32 Å². The molecule has 4 nitrogen and oxygen atoms in total. The number of carboxylic acids is 1. The van der Waals surface area contributed by atoms with Gasteiger partial charge in [-0.1, -0.05) is 59.1 Å². The Bertz CT molecular complexity index is 777. The van der Waals surface area contributed by atoms with Crippen LogP contribution in [0.4, 0.5) is 0 Å². The van der Waals surface area contributed by atoms with Gasteiger partial charge < -0.3 is 10.4 Å². The van der Waals surface area contributed by atoms with Crippen molar-refractivity contribution in [2.75, 3.05) is 0 Å². The quantitative estimate of drug-likeness (QED) is 0.762. The normalized spacial score (nSPS) is 11.8. The molecule has 0 radical (unpaired) electrons. The predicted octanol–water partition coefficient (Wildman–Crippen LogP) is 4.05. The molecular formula is C19H19Cl2NO3. The van der Waals surface area contributed by atoms with Crippen molar-refractivity contribution >= 4 is 35.1 Å². The number of aliphatic carboxylic acids is 1. The Morgan fingerprint density at radius 3 is 2.48 bits per heavy atom. The van der Waals surface area contributed by atoms with E-state index >= 15 is 0 Å². The molecule has 0 aliphatic heterocycles. The van der Waals surface area contributed by atoms with Crippen LogP contribution in [-0.4, -0.2) is 23.0 Å². The summed E-state index contributed by atoms with van der Waals surface area (Å²) in [5, 5.41) is 12.7. The van der Waals surface area contributed by atoms with Crippen LogP contribution in [0.25, 0.3) is 0 Å². The number of hydrogen-bond donors (Lipinski definition) is 2. The lowest BCUT2D eigenvalue weighted by Crippen LogP contribution is -2.39. The van der Waals surface area contributed by atoms with E-state index in [0.717, 1.165) is 16.7 Å². The second-order valence-corrected chi connectivity index (χ2v) is 6.80. The highest BCUT2D eigenvalue weighted by molar-refractivity contribution is 6.42. The van der Waals surface area contributed by atoms with Crippen molar-refractivity contribution < 1.29 is 14.7 Å². The molecule has 6 heteroatoms. The molecule has 2 aromatic rings. The third-order valence-corrected chi connectivity index (χ3v) is 4.44. The van der Waals surface area contributed by atoms with E-state index < -0.39 is 12.0 Å². The van der Waals surface area contributed by atoms with Crippen LogP contribution >= 0.6 is 23.2 Å². The van der Waals surface area contributed by atoms with Crippen LogP contribution in [0.5, 0.6) is 0 Å². The summed E-state index contributed by atoms with van der Waals surface area (Å²) in [5.41, 5.74) is 2.78. The van der Waals surface area contributed by atoms with Crippen molar-refractivity contribution in [3.05, 3.63) is 69.2 Å². The lowest BCUT2D eigenvalue weighted by atomic mass is 10.0. The molecule has 0 bridgehead atoms. The summed E-state index contributed by atoms with van der Waals surface area (Å²) in [6, 6.07) is 12.3. The van der Waals surface area contributed by atoms with Gasteiger partial charge in [0.25, 0.3) is 0 Å². The lowest BCUT2D eigenvalue weighted by molar-refractivity contribution is -0.137. The number of carbonyl (C=O) groups excluding carboxylic acids is 1. The molecule has 2 N–H and O–H groups in total. The molecule has 0 aromatic heterocycles. The van der Waals surface area contributed by atoms with E-state index in [1.807, 2.05) is 31.2 Å². The number of carboxylic acid groups (broad SMARTS) is 1. The molecule has 2 aromatic carbocycles. The molecule has 1 atom stereocenters. The number of benzene rings is 2. The van der Waals surface area contributed by atoms with Crippen LogP contribution in [0.15, 0.2) is 42.5 Å². The maximum absolute atomic E-state index is 12.3. The summed E-state index contributed by atoms with van der Waals surface area (Å²) < 4.78 is 0. The van der Waals surface area contributed by atoms with E-state index in [2.05, 4.69) is 5.32 Å². The summed E-state index contributed by atoms with van der Waals surface area (Å²) in [7, 11) is 0. The minimum atomic E-state index is -0.971. The molecule has 2 rings (SSSR count). The molecule has 132 valence electrons. The largest absolute Gasteiger partial charge is 0.481 e. The maximum atomic E-state index is 12.3. The molecule has 0 heterocycles. The smallest absolute Gasteiger partial charge is 0.305 e. The third-order valence-electron chi connectivity index (χ3n) is 3.70. The lowest BCUT2D eigenvalue weighted by Gasteiger charge is -2.17. The van der Waals surface area contributed by atoms with Gasteiger partial charge in [-0.3, -0.25) is 9.59 Å². The summed E-state index contributed by atoms with van der Waals surface area (Å²) in [5.74, 6) is -1.18. The standard InChI is InChI=1S/C19H19Cl2NO3/c1-12-3-2-4-13(7-12)10-18(23)22-15(11-19(24)25)8-14-5-6-16(20)17(21)9-14/h2-7,9,15H,8,10-11H2,1H3,(H,22,23)(H,24,25)/t15-/m0/s1. The monoisotopic (exact) mass is 379 g/mol. The average molecular weight is 380 g/mol. The van der Waals surface area contributed by atoms with Gasteiger partial charge in [0, 0.05) is 6.04 Å². The fourth-order valence-corrected chi connectivity index (χ4v) is 2.94. The van der Waals surface area contributed by atoms with Crippen LogP contribution in [-0.2, 0) is 22.4 Å². The Labute approximate surface area is 156 Å². The average Bonchev–Trinajstić information content (AvgIpc) is 2.50. The summed E-state index contributed by atoms with van der Waals surface area (Å²) in [4.78, 5) is 23.4. The van der Waals surface area contributed by atoms with Gasteiger partial charge in [-0.2, -0.15) is 0 Å². The summed E-state index contributed by atoms with van der Waals surface area (Å²) >= 11 is 11.9. The van der Waals surface area contributed by atoms with E-state index in [-0.39, 0.29) is 18.7 Å². The van der Waals surface area contributed by atoms with E-state index in [4.69, 9.17) is 28.3 Å². The number of halogens is 2. The number of carbonyl (C=O) groups is 2. The van der Waals surface area contributed by atoms with Crippen LogP contribution in [0.1, 0.15) is 23.1 Å². The minimum absolute atomic E-state index is 0.167. The Kier molecular flexibility index (Phi) is 6.85. The highest BCUT2D eigenvalue weighted by atomic mass is 35.5. The van der Waals surface area contributed by atoms with Gasteiger partial charge >= 0.3 is 5.97 Å². The number of amides is 1. The van der Waals surface area contributed by atoms with E-state index in [9.17, 15) is 9.59 Å². The first-order valence-electron chi connectivity index (χ1n) is 7.84. The molecule has 0 saturated carbocycles. The minimum Gasteiger partial charge on any atom is -0.481 e. The first-order valence-corrected chi connectivity index (χ1v) is 8.59. The second kappa shape index (κ2) is 8.88. The SMILES string of the molecule is Cc1cccc(CC(=O)N[C@H](CC(=O)O)Cc2ccc(Cl)c(Cl)c2)c1. The zero-order chi connectivity index (χ0) is 18.4. The molecule has 0 spiro atoms. The fourth-order valence-electron chi connectivity index (χ4n) is 2.62. The molecule has 0 fully saturated rings. The van der Waals surface area contributed by atoms with Gasteiger partial charge in [-0.15, -0.1) is 0 Å². The van der Waals surface area contributed by atoms with Crippen LogP contribution in [0, 0.1) is 6.92 Å². The topological polar surface area (TPSA) is 66.4 Å². The van der Waals surface area contributed by atoms with Gasteiger partial charge in [0.2, 0.25) is 5.91 Å². The number of nitrogens with one attached hydrogen (secondary N) is 1. The first kappa shape index (κ1) is 19.3. The number of rotatable bonds is 7. The van der Waals surface area contributed by atoms with Gasteiger partial charge in [-0.25, -0.2) is 0 Å². The zero-order valence-corrected chi connectivity index (χ0v) is 15.3. The molecule has 0 saturated heterocycles. The molecule has 0 aliphatic carbocycles.